The van der Waals surface area contributed by atoms with Crippen LogP contribution in [0.5, 0.6) is 0 Å². The highest BCUT2D eigenvalue weighted by Gasteiger charge is 2.04. The van der Waals surface area contributed by atoms with Crippen LogP contribution in [0.2, 0.25) is 0 Å². The number of anilines is 1. The lowest BCUT2D eigenvalue weighted by Crippen LogP contribution is -2.27. The number of hydrogen-bond donors (Lipinski definition) is 1. The molecule has 5 heteroatoms. The third kappa shape index (κ3) is 3.75. The third-order valence-corrected chi connectivity index (χ3v) is 2.43. The second-order valence-electron chi connectivity index (χ2n) is 3.39. The van der Waals surface area contributed by atoms with E-state index in [1.165, 1.54) is 0 Å². The first kappa shape index (κ1) is 11.6. The van der Waals surface area contributed by atoms with E-state index in [0.717, 1.165) is 22.5 Å². The normalized spacial score (nSPS) is 12.6. The molecule has 0 spiro atoms. The van der Waals surface area contributed by atoms with Crippen LogP contribution in [0.25, 0.3) is 0 Å². The summed E-state index contributed by atoms with van der Waals surface area (Å²) < 4.78 is 1.05. The molecular weight excluding hydrogens is 291 g/mol. The summed E-state index contributed by atoms with van der Waals surface area (Å²) in [6.45, 7) is 2.89. The van der Waals surface area contributed by atoms with Crippen molar-refractivity contribution in [1.82, 2.24) is 9.97 Å². The van der Waals surface area contributed by atoms with Gasteiger partial charge >= 0.3 is 0 Å². The van der Waals surface area contributed by atoms with E-state index < -0.39 is 0 Å². The van der Waals surface area contributed by atoms with Gasteiger partial charge in [-0.1, -0.05) is 0 Å². The zero-order valence-corrected chi connectivity index (χ0v) is 10.6. The highest BCUT2D eigenvalue weighted by atomic mass is 127. The summed E-state index contributed by atoms with van der Waals surface area (Å²) in [4.78, 5) is 10.5. The second kappa shape index (κ2) is 5.45. The number of halogens is 1. The van der Waals surface area contributed by atoms with E-state index in [2.05, 4.69) is 32.6 Å². The lowest BCUT2D eigenvalue weighted by Gasteiger charge is -2.17. The molecule has 78 valence electrons. The molecule has 0 saturated carbocycles. The summed E-state index contributed by atoms with van der Waals surface area (Å²) >= 11 is 2.19. The Balaban J connectivity index is 2.52. The fourth-order valence-corrected chi connectivity index (χ4v) is 1.28. The topological polar surface area (TPSA) is 55.0 Å². The maximum absolute atomic E-state index is 5.67. The molecule has 4 nitrogen and oxygen atoms in total. The Kier molecular flexibility index (Phi) is 4.53. The Morgan fingerprint density at radius 1 is 1.50 bits per heavy atom. The first-order valence-corrected chi connectivity index (χ1v) is 5.61. The maximum atomic E-state index is 5.67. The summed E-state index contributed by atoms with van der Waals surface area (Å²) in [5.74, 6) is 0.756. The van der Waals surface area contributed by atoms with Gasteiger partial charge in [-0.05, 0) is 35.9 Å². The predicted molar refractivity (Wildman–Crippen MR) is 66.3 cm³/mol. The Hall–Kier alpha value is -0.430. The van der Waals surface area contributed by atoms with Gasteiger partial charge in [-0.3, -0.25) is 0 Å². The zero-order valence-electron chi connectivity index (χ0n) is 8.44. The summed E-state index contributed by atoms with van der Waals surface area (Å²) in [6, 6.07) is 0.223. The van der Waals surface area contributed by atoms with Crippen LogP contribution in [-0.2, 0) is 0 Å². The molecule has 0 aliphatic carbocycles. The fraction of sp³-hybridized carbons (Fsp3) is 0.556. The summed E-state index contributed by atoms with van der Waals surface area (Å²) in [5, 5.41) is 0. The van der Waals surface area contributed by atoms with Gasteiger partial charge in [-0.15, -0.1) is 0 Å². The Labute approximate surface area is 98.1 Å². The fourth-order valence-electron chi connectivity index (χ4n) is 1.000. The van der Waals surface area contributed by atoms with Crippen LogP contribution in [0.15, 0.2) is 12.4 Å². The molecule has 1 rings (SSSR count). The van der Waals surface area contributed by atoms with Crippen molar-refractivity contribution in [3.05, 3.63) is 16.0 Å². The number of hydrogen-bond acceptors (Lipinski definition) is 4. The lowest BCUT2D eigenvalue weighted by atomic mass is 10.2. The van der Waals surface area contributed by atoms with Gasteiger partial charge in [0.05, 0.1) is 0 Å². The summed E-state index contributed by atoms with van der Waals surface area (Å²) in [6.07, 6.45) is 4.57. The van der Waals surface area contributed by atoms with Crippen molar-refractivity contribution in [2.45, 2.75) is 19.4 Å². The molecule has 1 heterocycles. The summed E-state index contributed by atoms with van der Waals surface area (Å²) in [7, 11) is 1.98. The van der Waals surface area contributed by atoms with Crippen molar-refractivity contribution in [2.24, 2.45) is 5.73 Å². The molecule has 0 aromatic carbocycles. The van der Waals surface area contributed by atoms with Crippen molar-refractivity contribution in [3.63, 3.8) is 0 Å². The third-order valence-electron chi connectivity index (χ3n) is 1.87. The molecule has 1 atom stereocenters. The number of aromatic nitrogens is 2. The van der Waals surface area contributed by atoms with Gasteiger partial charge in [-0.25, -0.2) is 9.97 Å². The molecule has 1 aromatic heterocycles. The van der Waals surface area contributed by atoms with Crippen molar-refractivity contribution >= 4 is 28.5 Å². The van der Waals surface area contributed by atoms with Gasteiger partial charge in [0, 0.05) is 35.6 Å². The van der Waals surface area contributed by atoms with Crippen LogP contribution in [0.4, 0.5) is 5.95 Å². The van der Waals surface area contributed by atoms with Crippen LogP contribution in [0.3, 0.4) is 0 Å². The molecular formula is C9H15IN4. The van der Waals surface area contributed by atoms with Crippen molar-refractivity contribution in [3.8, 4) is 0 Å². The molecule has 0 bridgehead atoms. The van der Waals surface area contributed by atoms with Crippen LogP contribution >= 0.6 is 22.6 Å². The predicted octanol–water partition coefficient (Wildman–Crippen LogP) is 1.25. The molecule has 0 saturated heterocycles. The quantitative estimate of drug-likeness (QED) is 0.851. The van der Waals surface area contributed by atoms with E-state index in [1.54, 1.807) is 0 Å². The Morgan fingerprint density at radius 3 is 2.57 bits per heavy atom. The highest BCUT2D eigenvalue weighted by Crippen LogP contribution is 2.07. The molecule has 0 amide bonds. The van der Waals surface area contributed by atoms with E-state index in [9.17, 15) is 0 Å². The minimum Gasteiger partial charge on any atom is -0.344 e. The van der Waals surface area contributed by atoms with Gasteiger partial charge in [0.1, 0.15) is 0 Å². The molecule has 0 aliphatic heterocycles. The van der Waals surface area contributed by atoms with Gasteiger partial charge in [0.25, 0.3) is 0 Å². The van der Waals surface area contributed by atoms with E-state index in [4.69, 9.17) is 5.73 Å². The molecule has 0 aliphatic rings. The standard InChI is InChI=1S/C9H15IN4/c1-7(11)3-4-14(2)9-12-5-8(10)6-13-9/h5-7H,3-4,11H2,1-2H3. The maximum Gasteiger partial charge on any atom is 0.225 e. The zero-order chi connectivity index (χ0) is 10.6. The lowest BCUT2D eigenvalue weighted by molar-refractivity contribution is 0.653. The number of nitrogens with zero attached hydrogens (tertiary/aromatic N) is 3. The van der Waals surface area contributed by atoms with Gasteiger partial charge in [0.15, 0.2) is 0 Å². The van der Waals surface area contributed by atoms with Crippen molar-refractivity contribution in [2.75, 3.05) is 18.5 Å². The van der Waals surface area contributed by atoms with Gasteiger partial charge in [0.2, 0.25) is 5.95 Å². The van der Waals surface area contributed by atoms with Crippen LogP contribution in [0.1, 0.15) is 13.3 Å². The minimum atomic E-state index is 0.223. The first-order valence-electron chi connectivity index (χ1n) is 4.54. The van der Waals surface area contributed by atoms with E-state index >= 15 is 0 Å². The SMILES string of the molecule is CC(N)CCN(C)c1ncc(I)cn1. The molecule has 1 aromatic rings. The van der Waals surface area contributed by atoms with Crippen molar-refractivity contribution in [1.29, 1.82) is 0 Å². The smallest absolute Gasteiger partial charge is 0.225 e. The summed E-state index contributed by atoms with van der Waals surface area (Å²) in [5.41, 5.74) is 5.67. The van der Waals surface area contributed by atoms with E-state index in [-0.39, 0.29) is 6.04 Å². The Morgan fingerprint density at radius 2 is 2.07 bits per heavy atom. The number of rotatable bonds is 4. The highest BCUT2D eigenvalue weighted by molar-refractivity contribution is 14.1. The minimum absolute atomic E-state index is 0.223. The van der Waals surface area contributed by atoms with Crippen molar-refractivity contribution < 1.29 is 0 Å². The van der Waals surface area contributed by atoms with Gasteiger partial charge < -0.3 is 10.6 Å². The molecule has 0 fully saturated rings. The van der Waals surface area contributed by atoms with E-state index in [0.29, 0.717) is 0 Å². The van der Waals surface area contributed by atoms with Gasteiger partial charge in [-0.2, -0.15) is 0 Å². The molecule has 0 radical (unpaired) electrons. The largest absolute Gasteiger partial charge is 0.344 e. The molecule has 14 heavy (non-hydrogen) atoms. The van der Waals surface area contributed by atoms with Crippen LogP contribution in [0, 0.1) is 3.57 Å². The average Bonchev–Trinajstić information content (AvgIpc) is 2.15. The second-order valence-corrected chi connectivity index (χ2v) is 4.63. The molecule has 1 unspecified atom stereocenters. The first-order chi connectivity index (χ1) is 6.59. The average molecular weight is 306 g/mol. The number of nitrogens with two attached hydrogens (primary N) is 1. The monoisotopic (exact) mass is 306 g/mol. The Bertz CT molecular complexity index is 273. The van der Waals surface area contributed by atoms with E-state index in [1.807, 2.05) is 31.3 Å². The molecule has 2 N–H and O–H groups in total. The van der Waals surface area contributed by atoms with Crippen LogP contribution < -0.4 is 10.6 Å². The van der Waals surface area contributed by atoms with Crippen LogP contribution in [-0.4, -0.2) is 29.6 Å².